The summed E-state index contributed by atoms with van der Waals surface area (Å²) in [6.45, 7) is 7.80. The molecule has 0 unspecified atom stereocenters. The van der Waals surface area contributed by atoms with Crippen LogP contribution >= 0.6 is 0 Å². The van der Waals surface area contributed by atoms with Gasteiger partial charge in [0.15, 0.2) is 0 Å². The summed E-state index contributed by atoms with van der Waals surface area (Å²) in [5.41, 5.74) is 2.80. The molecular formula is C15H20O2. The number of rotatable bonds is 5. The van der Waals surface area contributed by atoms with Gasteiger partial charge in [-0.2, -0.15) is 0 Å². The topological polar surface area (TPSA) is 29.5 Å². The average Bonchev–Trinajstić information content (AvgIpc) is 2.35. The summed E-state index contributed by atoms with van der Waals surface area (Å²) >= 11 is 0. The van der Waals surface area contributed by atoms with Crippen LogP contribution < -0.4 is 4.74 Å². The summed E-state index contributed by atoms with van der Waals surface area (Å²) < 4.78 is 5.09. The van der Waals surface area contributed by atoms with Gasteiger partial charge in [0.2, 0.25) is 0 Å². The van der Waals surface area contributed by atoms with E-state index in [0.717, 1.165) is 28.9 Å². The Bertz CT molecular complexity index is 401. The van der Waals surface area contributed by atoms with E-state index in [0.29, 0.717) is 0 Å². The van der Waals surface area contributed by atoms with E-state index in [1.165, 1.54) is 0 Å². The molecule has 1 N–H and O–H groups in total. The van der Waals surface area contributed by atoms with Gasteiger partial charge in [0, 0.05) is 0 Å². The second-order valence-electron chi connectivity index (χ2n) is 4.09. The first-order chi connectivity index (χ1) is 8.08. The molecule has 1 aromatic rings. The largest absolute Gasteiger partial charge is 0.497 e. The Kier molecular flexibility index (Phi) is 4.98. The maximum absolute atomic E-state index is 10.2. The molecule has 17 heavy (non-hydrogen) atoms. The number of methoxy groups -OCH3 is 1. The van der Waals surface area contributed by atoms with Gasteiger partial charge in [0.25, 0.3) is 0 Å². The number of hydrogen-bond donors (Lipinski definition) is 1. The molecule has 0 heterocycles. The highest BCUT2D eigenvalue weighted by molar-refractivity contribution is 5.34. The lowest BCUT2D eigenvalue weighted by Gasteiger charge is -2.14. The smallest absolute Gasteiger partial charge is 0.118 e. The van der Waals surface area contributed by atoms with Crippen LogP contribution in [0, 0.1) is 0 Å². The summed E-state index contributed by atoms with van der Waals surface area (Å²) in [6, 6.07) is 7.47. The summed E-state index contributed by atoms with van der Waals surface area (Å²) in [6.07, 6.45) is 2.18. The first-order valence-corrected chi connectivity index (χ1v) is 5.76. The molecule has 0 aliphatic heterocycles. The zero-order valence-electron chi connectivity index (χ0n) is 10.7. The average molecular weight is 232 g/mol. The molecule has 0 aromatic heterocycles. The fourth-order valence-corrected chi connectivity index (χ4v) is 1.69. The van der Waals surface area contributed by atoms with Crippen molar-refractivity contribution >= 4 is 0 Å². The standard InChI is InChI=1S/C15H20O2/c1-5-12(10-11(2)3)15(16)13-6-8-14(17-4)9-7-13/h6-10,15-16H,2,5H2,1,3-4H3/b12-10+/t15-/m0/s1. The molecule has 92 valence electrons. The van der Waals surface area contributed by atoms with Gasteiger partial charge >= 0.3 is 0 Å². The third-order valence-electron chi connectivity index (χ3n) is 2.62. The molecule has 0 aliphatic carbocycles. The third kappa shape index (κ3) is 3.75. The van der Waals surface area contributed by atoms with Crippen molar-refractivity contribution in [1.82, 2.24) is 0 Å². The second-order valence-corrected chi connectivity index (χ2v) is 4.09. The molecule has 0 aliphatic rings. The molecule has 0 bridgehead atoms. The van der Waals surface area contributed by atoms with E-state index in [2.05, 4.69) is 6.58 Å². The minimum Gasteiger partial charge on any atom is -0.497 e. The maximum Gasteiger partial charge on any atom is 0.118 e. The van der Waals surface area contributed by atoms with E-state index in [-0.39, 0.29) is 0 Å². The molecular weight excluding hydrogens is 212 g/mol. The van der Waals surface area contributed by atoms with Crippen LogP contribution in [0.15, 0.2) is 48.1 Å². The predicted octanol–water partition coefficient (Wildman–Crippen LogP) is 3.64. The summed E-state index contributed by atoms with van der Waals surface area (Å²) in [5.74, 6) is 0.794. The monoisotopic (exact) mass is 232 g/mol. The van der Waals surface area contributed by atoms with Gasteiger partial charge in [-0.05, 0) is 36.6 Å². The Hall–Kier alpha value is -1.54. The summed E-state index contributed by atoms with van der Waals surface area (Å²) in [7, 11) is 1.63. The molecule has 0 radical (unpaired) electrons. The van der Waals surface area contributed by atoms with Crippen LogP contribution in [-0.2, 0) is 0 Å². The van der Waals surface area contributed by atoms with Gasteiger partial charge < -0.3 is 9.84 Å². The Labute approximate surface area is 103 Å². The van der Waals surface area contributed by atoms with Crippen molar-refractivity contribution in [3.63, 3.8) is 0 Å². The van der Waals surface area contributed by atoms with Gasteiger partial charge in [0.1, 0.15) is 11.9 Å². The van der Waals surface area contributed by atoms with Crippen molar-refractivity contribution in [1.29, 1.82) is 0 Å². The normalized spacial score (nSPS) is 13.3. The molecule has 1 aromatic carbocycles. The summed E-state index contributed by atoms with van der Waals surface area (Å²) in [5, 5.41) is 10.2. The Morgan fingerprint density at radius 1 is 1.41 bits per heavy atom. The molecule has 2 nitrogen and oxygen atoms in total. The highest BCUT2D eigenvalue weighted by Gasteiger charge is 2.11. The molecule has 0 fully saturated rings. The molecule has 0 amide bonds. The Morgan fingerprint density at radius 2 is 2.00 bits per heavy atom. The number of benzene rings is 1. The van der Waals surface area contributed by atoms with Gasteiger partial charge in [-0.25, -0.2) is 0 Å². The van der Waals surface area contributed by atoms with Gasteiger partial charge in [0.05, 0.1) is 7.11 Å². The minimum absolute atomic E-state index is 0.567. The SMILES string of the molecule is C=C(C)/C=C(\CC)[C@H](O)c1ccc(OC)cc1. The van der Waals surface area contributed by atoms with Crippen molar-refractivity contribution in [2.75, 3.05) is 7.11 Å². The van der Waals surface area contributed by atoms with E-state index in [9.17, 15) is 5.11 Å². The van der Waals surface area contributed by atoms with Crippen molar-refractivity contribution in [3.8, 4) is 5.75 Å². The third-order valence-corrected chi connectivity index (χ3v) is 2.62. The molecule has 0 saturated carbocycles. The first kappa shape index (κ1) is 13.5. The zero-order valence-corrected chi connectivity index (χ0v) is 10.7. The molecule has 1 rings (SSSR count). The quantitative estimate of drug-likeness (QED) is 0.785. The fourth-order valence-electron chi connectivity index (χ4n) is 1.69. The van der Waals surface area contributed by atoms with Crippen molar-refractivity contribution < 1.29 is 9.84 Å². The van der Waals surface area contributed by atoms with E-state index < -0.39 is 6.10 Å². The lowest BCUT2D eigenvalue weighted by atomic mass is 9.98. The van der Waals surface area contributed by atoms with Crippen LogP contribution in [0.3, 0.4) is 0 Å². The number of ether oxygens (including phenoxy) is 1. The van der Waals surface area contributed by atoms with Crippen LogP contribution in [0.4, 0.5) is 0 Å². The first-order valence-electron chi connectivity index (χ1n) is 5.76. The molecule has 0 saturated heterocycles. The Balaban J connectivity index is 2.93. The molecule has 1 atom stereocenters. The maximum atomic E-state index is 10.2. The van der Waals surface area contributed by atoms with Gasteiger partial charge in [-0.15, -0.1) is 0 Å². The lowest BCUT2D eigenvalue weighted by Crippen LogP contribution is -2.01. The zero-order chi connectivity index (χ0) is 12.8. The van der Waals surface area contributed by atoms with E-state index in [1.807, 2.05) is 44.2 Å². The van der Waals surface area contributed by atoms with Crippen molar-refractivity contribution in [3.05, 3.63) is 53.6 Å². The lowest BCUT2D eigenvalue weighted by molar-refractivity contribution is 0.212. The predicted molar refractivity (Wildman–Crippen MR) is 71.1 cm³/mol. The van der Waals surface area contributed by atoms with Crippen LogP contribution in [0.2, 0.25) is 0 Å². The number of aliphatic hydroxyl groups excluding tert-OH is 1. The fraction of sp³-hybridized carbons (Fsp3) is 0.333. The number of allylic oxidation sites excluding steroid dienone is 2. The Morgan fingerprint density at radius 3 is 2.41 bits per heavy atom. The number of aliphatic hydroxyl groups is 1. The van der Waals surface area contributed by atoms with E-state index >= 15 is 0 Å². The van der Waals surface area contributed by atoms with Gasteiger partial charge in [-0.1, -0.05) is 37.3 Å². The van der Waals surface area contributed by atoms with E-state index in [1.54, 1.807) is 7.11 Å². The van der Waals surface area contributed by atoms with Crippen molar-refractivity contribution in [2.24, 2.45) is 0 Å². The van der Waals surface area contributed by atoms with E-state index in [4.69, 9.17) is 4.74 Å². The van der Waals surface area contributed by atoms with Gasteiger partial charge in [-0.3, -0.25) is 0 Å². The minimum atomic E-state index is -0.567. The van der Waals surface area contributed by atoms with Crippen molar-refractivity contribution in [2.45, 2.75) is 26.4 Å². The van der Waals surface area contributed by atoms with Crippen LogP contribution in [-0.4, -0.2) is 12.2 Å². The molecule has 0 spiro atoms. The highest BCUT2D eigenvalue weighted by atomic mass is 16.5. The summed E-state index contributed by atoms with van der Waals surface area (Å²) in [4.78, 5) is 0. The molecule has 2 heteroatoms. The second kappa shape index (κ2) is 6.26. The highest BCUT2D eigenvalue weighted by Crippen LogP contribution is 2.26. The number of hydrogen-bond acceptors (Lipinski definition) is 2. The van der Waals surface area contributed by atoms with Crippen LogP contribution in [0.1, 0.15) is 31.9 Å². The van der Waals surface area contributed by atoms with Crippen LogP contribution in [0.5, 0.6) is 5.75 Å². The van der Waals surface area contributed by atoms with Crippen LogP contribution in [0.25, 0.3) is 0 Å².